The summed E-state index contributed by atoms with van der Waals surface area (Å²) in [6.07, 6.45) is 5.03. The standard InChI is InChI=1S/C13H21N3O/c1-10-8-15-12(6-7-14)13(17)16(9-10)11-4-2-3-5-11/h10-12,15H,2-6,8-9H2,1H3. The lowest BCUT2D eigenvalue weighted by Crippen LogP contribution is -2.47. The van der Waals surface area contributed by atoms with Crippen molar-refractivity contribution in [3.8, 4) is 6.07 Å². The average molecular weight is 235 g/mol. The number of hydrogen-bond acceptors (Lipinski definition) is 3. The van der Waals surface area contributed by atoms with Gasteiger partial charge < -0.3 is 10.2 Å². The Bertz CT molecular complexity index is 317. The lowest BCUT2D eigenvalue weighted by Gasteiger charge is -2.30. The molecular formula is C13H21N3O. The van der Waals surface area contributed by atoms with Crippen LogP contribution in [-0.4, -0.2) is 36.0 Å². The Hall–Kier alpha value is -1.08. The molecule has 1 N–H and O–H groups in total. The van der Waals surface area contributed by atoms with Gasteiger partial charge in [0.2, 0.25) is 5.91 Å². The van der Waals surface area contributed by atoms with Gasteiger partial charge in [0.05, 0.1) is 18.5 Å². The predicted molar refractivity (Wildman–Crippen MR) is 65.2 cm³/mol. The maximum atomic E-state index is 12.4. The number of nitriles is 1. The van der Waals surface area contributed by atoms with Crippen LogP contribution < -0.4 is 5.32 Å². The molecule has 0 aromatic heterocycles. The molecule has 2 atom stereocenters. The van der Waals surface area contributed by atoms with Crippen LogP contribution >= 0.6 is 0 Å². The lowest BCUT2D eigenvalue weighted by molar-refractivity contribution is -0.135. The van der Waals surface area contributed by atoms with Gasteiger partial charge >= 0.3 is 0 Å². The summed E-state index contributed by atoms with van der Waals surface area (Å²) in [5.74, 6) is 0.617. The van der Waals surface area contributed by atoms with Gasteiger partial charge in [-0.25, -0.2) is 0 Å². The van der Waals surface area contributed by atoms with Crippen LogP contribution in [0.1, 0.15) is 39.0 Å². The van der Waals surface area contributed by atoms with E-state index in [4.69, 9.17) is 5.26 Å². The SMILES string of the molecule is CC1CNC(CC#N)C(=O)N(C2CCCC2)C1. The van der Waals surface area contributed by atoms with Crippen LogP contribution in [0.2, 0.25) is 0 Å². The van der Waals surface area contributed by atoms with Crippen LogP contribution in [0.3, 0.4) is 0 Å². The van der Waals surface area contributed by atoms with Crippen LogP contribution in [0.5, 0.6) is 0 Å². The van der Waals surface area contributed by atoms with Crippen molar-refractivity contribution in [2.45, 2.75) is 51.1 Å². The van der Waals surface area contributed by atoms with E-state index in [2.05, 4.69) is 18.3 Å². The molecule has 0 aromatic rings. The van der Waals surface area contributed by atoms with Crippen LogP contribution in [0.15, 0.2) is 0 Å². The fourth-order valence-corrected chi connectivity index (χ4v) is 2.92. The van der Waals surface area contributed by atoms with Crippen molar-refractivity contribution in [1.29, 1.82) is 5.26 Å². The molecule has 0 radical (unpaired) electrons. The van der Waals surface area contributed by atoms with Crippen molar-refractivity contribution < 1.29 is 4.79 Å². The second-order valence-corrected chi connectivity index (χ2v) is 5.36. The Labute approximate surface area is 103 Å². The third kappa shape index (κ3) is 2.78. The van der Waals surface area contributed by atoms with Gasteiger partial charge in [-0.05, 0) is 18.8 Å². The molecule has 94 valence electrons. The molecule has 1 aliphatic heterocycles. The van der Waals surface area contributed by atoms with Gasteiger partial charge in [0.25, 0.3) is 0 Å². The van der Waals surface area contributed by atoms with Crippen molar-refractivity contribution >= 4 is 5.91 Å². The van der Waals surface area contributed by atoms with Crippen molar-refractivity contribution in [3.05, 3.63) is 0 Å². The van der Waals surface area contributed by atoms with E-state index in [9.17, 15) is 4.79 Å². The Balaban J connectivity index is 2.10. The molecule has 2 rings (SSSR count). The number of nitrogens with one attached hydrogen (secondary N) is 1. The summed E-state index contributed by atoms with van der Waals surface area (Å²) in [5.41, 5.74) is 0. The van der Waals surface area contributed by atoms with Gasteiger partial charge in [-0.3, -0.25) is 4.79 Å². The van der Waals surface area contributed by atoms with Crippen molar-refractivity contribution in [3.63, 3.8) is 0 Å². The molecule has 4 nitrogen and oxygen atoms in total. The van der Waals surface area contributed by atoms with E-state index in [1.165, 1.54) is 12.8 Å². The van der Waals surface area contributed by atoms with Crippen molar-refractivity contribution in [2.24, 2.45) is 5.92 Å². The molecule has 4 heteroatoms. The molecule has 1 aliphatic carbocycles. The Kier molecular flexibility index (Phi) is 4.01. The van der Waals surface area contributed by atoms with E-state index in [-0.39, 0.29) is 18.4 Å². The smallest absolute Gasteiger partial charge is 0.241 e. The maximum absolute atomic E-state index is 12.4. The fourth-order valence-electron chi connectivity index (χ4n) is 2.92. The summed E-state index contributed by atoms with van der Waals surface area (Å²) in [7, 11) is 0. The van der Waals surface area contributed by atoms with Gasteiger partial charge in [0, 0.05) is 19.1 Å². The zero-order chi connectivity index (χ0) is 12.3. The van der Waals surface area contributed by atoms with Gasteiger partial charge in [-0.15, -0.1) is 0 Å². The molecule has 0 bridgehead atoms. The van der Waals surface area contributed by atoms with E-state index >= 15 is 0 Å². The molecule has 1 saturated heterocycles. The molecule has 1 amide bonds. The van der Waals surface area contributed by atoms with Gasteiger partial charge in [0.15, 0.2) is 0 Å². The normalized spacial score (nSPS) is 31.3. The van der Waals surface area contributed by atoms with E-state index in [1.54, 1.807) is 0 Å². The Morgan fingerprint density at radius 3 is 2.82 bits per heavy atom. The van der Waals surface area contributed by atoms with Crippen LogP contribution in [0.4, 0.5) is 0 Å². The molecular weight excluding hydrogens is 214 g/mol. The molecule has 2 aliphatic rings. The zero-order valence-electron chi connectivity index (χ0n) is 10.5. The van der Waals surface area contributed by atoms with Crippen molar-refractivity contribution in [1.82, 2.24) is 10.2 Å². The van der Waals surface area contributed by atoms with Gasteiger partial charge in [-0.1, -0.05) is 19.8 Å². The summed E-state index contributed by atoms with van der Waals surface area (Å²) in [6.45, 7) is 3.84. The van der Waals surface area contributed by atoms with Gasteiger partial charge in [0.1, 0.15) is 0 Å². The summed E-state index contributed by atoms with van der Waals surface area (Å²) in [5, 5.41) is 12.0. The third-order valence-electron chi connectivity index (χ3n) is 3.86. The number of nitrogens with zero attached hydrogens (tertiary/aromatic N) is 2. The zero-order valence-corrected chi connectivity index (χ0v) is 10.5. The quantitative estimate of drug-likeness (QED) is 0.784. The van der Waals surface area contributed by atoms with Gasteiger partial charge in [-0.2, -0.15) is 5.26 Å². The lowest BCUT2D eigenvalue weighted by atomic mass is 10.1. The minimum Gasteiger partial charge on any atom is -0.338 e. The van der Waals surface area contributed by atoms with Crippen LogP contribution in [-0.2, 0) is 4.79 Å². The second-order valence-electron chi connectivity index (χ2n) is 5.36. The number of amides is 1. The second kappa shape index (κ2) is 5.50. The molecule has 1 saturated carbocycles. The first-order valence-electron chi connectivity index (χ1n) is 6.63. The highest BCUT2D eigenvalue weighted by molar-refractivity contribution is 5.82. The Morgan fingerprint density at radius 1 is 1.47 bits per heavy atom. The first-order chi connectivity index (χ1) is 8.22. The van der Waals surface area contributed by atoms with E-state index in [0.29, 0.717) is 12.0 Å². The van der Waals surface area contributed by atoms with Crippen LogP contribution in [0.25, 0.3) is 0 Å². The highest BCUT2D eigenvalue weighted by Crippen LogP contribution is 2.26. The fraction of sp³-hybridized carbons (Fsp3) is 0.846. The molecule has 17 heavy (non-hydrogen) atoms. The number of rotatable bonds is 2. The Morgan fingerprint density at radius 2 is 2.18 bits per heavy atom. The summed E-state index contributed by atoms with van der Waals surface area (Å²) >= 11 is 0. The van der Waals surface area contributed by atoms with E-state index < -0.39 is 0 Å². The van der Waals surface area contributed by atoms with E-state index in [0.717, 1.165) is 25.9 Å². The average Bonchev–Trinajstić information content (AvgIpc) is 2.80. The molecule has 2 unspecified atom stereocenters. The van der Waals surface area contributed by atoms with E-state index in [1.807, 2.05) is 4.90 Å². The highest BCUT2D eigenvalue weighted by Gasteiger charge is 2.34. The predicted octanol–water partition coefficient (Wildman–Crippen LogP) is 1.28. The molecule has 0 spiro atoms. The minimum atomic E-state index is -0.287. The topological polar surface area (TPSA) is 56.1 Å². The summed E-state index contributed by atoms with van der Waals surface area (Å²) in [4.78, 5) is 14.4. The minimum absolute atomic E-state index is 0.141. The number of carbonyl (C=O) groups excluding carboxylic acids is 1. The molecule has 0 aromatic carbocycles. The first-order valence-corrected chi connectivity index (χ1v) is 6.63. The molecule has 2 fully saturated rings. The third-order valence-corrected chi connectivity index (χ3v) is 3.86. The van der Waals surface area contributed by atoms with Crippen LogP contribution in [0, 0.1) is 17.2 Å². The summed E-state index contributed by atoms with van der Waals surface area (Å²) in [6, 6.07) is 2.25. The highest BCUT2D eigenvalue weighted by atomic mass is 16.2. The van der Waals surface area contributed by atoms with Crippen molar-refractivity contribution in [2.75, 3.05) is 13.1 Å². The monoisotopic (exact) mass is 235 g/mol. The summed E-state index contributed by atoms with van der Waals surface area (Å²) < 4.78 is 0. The maximum Gasteiger partial charge on any atom is 0.241 e. The number of carbonyl (C=O) groups is 1. The number of hydrogen-bond donors (Lipinski definition) is 1. The largest absolute Gasteiger partial charge is 0.338 e. The first kappa shape index (κ1) is 12.4. The molecule has 1 heterocycles.